The van der Waals surface area contributed by atoms with Gasteiger partial charge in [0.05, 0.1) is 23.0 Å². The number of carbonyl (C=O) groups is 2. The van der Waals surface area contributed by atoms with Crippen LogP contribution in [0.3, 0.4) is 0 Å². The number of halogens is 8. The van der Waals surface area contributed by atoms with Crippen molar-refractivity contribution in [2.24, 2.45) is 5.92 Å². The van der Waals surface area contributed by atoms with Crippen molar-refractivity contribution in [2.75, 3.05) is 17.2 Å². The molecule has 0 bridgehead atoms. The second kappa shape index (κ2) is 10.5. The Balaban J connectivity index is 1.45. The molecule has 2 unspecified atom stereocenters. The van der Waals surface area contributed by atoms with Crippen molar-refractivity contribution < 1.29 is 22.8 Å². The molecule has 1 amide bonds. The molecular weight excluding hydrogens is 597 g/mol. The number of carbonyl (C=O) groups excluding carboxylic acids is 2. The van der Waals surface area contributed by atoms with Gasteiger partial charge in [0.2, 0.25) is 5.91 Å². The summed E-state index contributed by atoms with van der Waals surface area (Å²) in [5.41, 5.74) is -0.0260. The smallest absolute Gasteiger partial charge is 0.363 e. The molecule has 2 N–H and O–H groups in total. The van der Waals surface area contributed by atoms with Gasteiger partial charge in [-0.3, -0.25) is 9.59 Å². The monoisotopic (exact) mass is 609 g/mol. The molecule has 1 aromatic heterocycles. The number of Topliss-reactive ketones (excluding diaryl/α,β-unsaturated/α-hetero) is 1. The molecule has 1 heterocycles. The van der Waals surface area contributed by atoms with Gasteiger partial charge in [-0.1, -0.05) is 34.8 Å². The minimum absolute atomic E-state index is 0.0379. The van der Waals surface area contributed by atoms with E-state index in [0.29, 0.717) is 15.6 Å². The quantitative estimate of drug-likeness (QED) is 0.211. The number of nitrogens with one attached hydrogen (secondary N) is 2. The van der Waals surface area contributed by atoms with Crippen LogP contribution in [0.4, 0.5) is 24.7 Å². The number of rotatable bonds is 7. The van der Waals surface area contributed by atoms with Gasteiger partial charge in [-0.15, -0.1) is 23.2 Å². The number of pyridine rings is 1. The maximum Gasteiger partial charge on any atom is 0.416 e. The molecule has 0 spiro atoms. The van der Waals surface area contributed by atoms with Crippen LogP contribution in [-0.2, 0) is 11.0 Å². The molecule has 37 heavy (non-hydrogen) atoms. The molecule has 0 radical (unpaired) electrons. The fourth-order valence-electron chi connectivity index (χ4n) is 3.83. The van der Waals surface area contributed by atoms with E-state index in [9.17, 15) is 22.8 Å². The third kappa shape index (κ3) is 6.26. The van der Waals surface area contributed by atoms with Crippen LogP contribution in [-0.4, -0.2) is 27.6 Å². The first-order chi connectivity index (χ1) is 17.3. The number of benzene rings is 2. The molecule has 1 aliphatic rings. The molecular formula is C24H15Cl5F3N3O2. The predicted molar refractivity (Wildman–Crippen MR) is 139 cm³/mol. The van der Waals surface area contributed by atoms with Crippen LogP contribution in [0.15, 0.2) is 54.7 Å². The average Bonchev–Trinajstić information content (AvgIpc) is 3.40. The largest absolute Gasteiger partial charge is 0.416 e. The van der Waals surface area contributed by atoms with E-state index in [4.69, 9.17) is 58.0 Å². The second-order valence-corrected chi connectivity index (χ2v) is 10.9. The Bertz CT molecular complexity index is 1360. The van der Waals surface area contributed by atoms with Gasteiger partial charge in [0.1, 0.15) is 10.2 Å². The topological polar surface area (TPSA) is 71.1 Å². The van der Waals surface area contributed by atoms with Crippen molar-refractivity contribution in [3.05, 3.63) is 86.5 Å². The van der Waals surface area contributed by atoms with E-state index >= 15 is 0 Å². The number of amides is 1. The van der Waals surface area contributed by atoms with Crippen LogP contribution in [0.1, 0.15) is 27.4 Å². The van der Waals surface area contributed by atoms with Gasteiger partial charge < -0.3 is 10.6 Å². The number of alkyl halides is 5. The minimum atomic E-state index is -4.55. The van der Waals surface area contributed by atoms with Crippen molar-refractivity contribution in [3.8, 4) is 0 Å². The van der Waals surface area contributed by atoms with Crippen LogP contribution < -0.4 is 10.6 Å². The van der Waals surface area contributed by atoms with E-state index in [1.54, 1.807) is 18.2 Å². The number of aromatic nitrogens is 1. The summed E-state index contributed by atoms with van der Waals surface area (Å²) in [5.74, 6) is -2.57. The number of ketones is 1. The van der Waals surface area contributed by atoms with Gasteiger partial charge in [-0.05, 0) is 54.1 Å². The van der Waals surface area contributed by atoms with E-state index in [1.165, 1.54) is 18.2 Å². The normalized spacial score (nSPS) is 18.3. The van der Waals surface area contributed by atoms with Crippen molar-refractivity contribution in [1.82, 2.24) is 4.98 Å². The summed E-state index contributed by atoms with van der Waals surface area (Å²) in [5, 5.41) is 6.04. The van der Waals surface area contributed by atoms with Crippen LogP contribution in [0.5, 0.6) is 0 Å². The number of hydrogen-bond donors (Lipinski definition) is 2. The zero-order valence-electron chi connectivity index (χ0n) is 18.3. The lowest BCUT2D eigenvalue weighted by atomic mass is 10.1. The zero-order valence-corrected chi connectivity index (χ0v) is 22.1. The first-order valence-corrected chi connectivity index (χ1v) is 12.4. The Morgan fingerprint density at radius 1 is 0.973 bits per heavy atom. The summed E-state index contributed by atoms with van der Waals surface area (Å²) >= 11 is 31.0. The summed E-state index contributed by atoms with van der Waals surface area (Å²) in [6.07, 6.45) is -3.57. The van der Waals surface area contributed by atoms with E-state index in [1.807, 2.05) is 0 Å². The molecule has 194 valence electrons. The highest BCUT2D eigenvalue weighted by Crippen LogP contribution is 2.65. The summed E-state index contributed by atoms with van der Waals surface area (Å²) in [7, 11) is 0. The second-order valence-electron chi connectivity index (χ2n) is 8.22. The van der Waals surface area contributed by atoms with Gasteiger partial charge >= 0.3 is 6.18 Å². The van der Waals surface area contributed by atoms with Crippen LogP contribution >= 0.6 is 58.0 Å². The van der Waals surface area contributed by atoms with Gasteiger partial charge in [0.15, 0.2) is 5.78 Å². The lowest BCUT2D eigenvalue weighted by Crippen LogP contribution is -2.19. The SMILES string of the molecule is O=C(CNc1cc(C(F)(F)F)ccn1)c1cc(NC(=O)C2C(c3cc(Cl)cc(Cl)c3)C2(Cl)Cl)ccc1Cl. The molecule has 2 aromatic carbocycles. The number of hydrogen-bond acceptors (Lipinski definition) is 4. The first-order valence-electron chi connectivity index (χ1n) is 10.5. The predicted octanol–water partition coefficient (Wildman–Crippen LogP) is 7.88. The summed E-state index contributed by atoms with van der Waals surface area (Å²) in [6, 6.07) is 10.6. The third-order valence-electron chi connectivity index (χ3n) is 5.63. The van der Waals surface area contributed by atoms with Crippen molar-refractivity contribution in [2.45, 2.75) is 16.4 Å². The molecule has 3 aromatic rings. The fraction of sp³-hybridized carbons (Fsp3) is 0.208. The van der Waals surface area contributed by atoms with Gasteiger partial charge in [0, 0.05) is 33.4 Å². The zero-order chi connectivity index (χ0) is 27.1. The Labute approximate surface area is 234 Å². The molecule has 13 heteroatoms. The van der Waals surface area contributed by atoms with E-state index in [-0.39, 0.29) is 22.1 Å². The minimum Gasteiger partial charge on any atom is -0.363 e. The highest BCUT2D eigenvalue weighted by atomic mass is 35.5. The molecule has 2 atom stereocenters. The van der Waals surface area contributed by atoms with Gasteiger partial charge in [0.25, 0.3) is 0 Å². The van der Waals surface area contributed by atoms with Crippen molar-refractivity contribution >= 4 is 81.2 Å². The Morgan fingerprint density at radius 2 is 1.65 bits per heavy atom. The molecule has 0 saturated heterocycles. The molecule has 5 nitrogen and oxygen atoms in total. The van der Waals surface area contributed by atoms with Gasteiger partial charge in [-0.2, -0.15) is 13.2 Å². The number of nitrogens with zero attached hydrogens (tertiary/aromatic N) is 1. The number of anilines is 2. The molecule has 0 aliphatic heterocycles. The van der Waals surface area contributed by atoms with Crippen molar-refractivity contribution in [1.29, 1.82) is 0 Å². The molecule has 1 aliphatic carbocycles. The third-order valence-corrected chi connectivity index (χ3v) is 7.34. The highest BCUT2D eigenvalue weighted by molar-refractivity contribution is 6.53. The summed E-state index contributed by atoms with van der Waals surface area (Å²) < 4.78 is 37.3. The Hall–Kier alpha value is -2.23. The molecule has 4 rings (SSSR count). The lowest BCUT2D eigenvalue weighted by molar-refractivity contribution is -0.137. The van der Waals surface area contributed by atoms with E-state index < -0.39 is 46.1 Å². The summed E-state index contributed by atoms with van der Waals surface area (Å²) in [4.78, 5) is 29.5. The van der Waals surface area contributed by atoms with Crippen molar-refractivity contribution in [3.63, 3.8) is 0 Å². The maximum atomic E-state index is 13.0. The Kier molecular flexibility index (Phi) is 7.89. The Morgan fingerprint density at radius 3 is 2.30 bits per heavy atom. The highest BCUT2D eigenvalue weighted by Gasteiger charge is 2.67. The maximum absolute atomic E-state index is 13.0. The summed E-state index contributed by atoms with van der Waals surface area (Å²) in [6.45, 7) is -0.391. The molecule has 1 fully saturated rings. The van der Waals surface area contributed by atoms with Crippen LogP contribution in [0.2, 0.25) is 15.1 Å². The van der Waals surface area contributed by atoms with Gasteiger partial charge in [-0.25, -0.2) is 4.98 Å². The van der Waals surface area contributed by atoms with Crippen LogP contribution in [0, 0.1) is 5.92 Å². The average molecular weight is 612 g/mol. The lowest BCUT2D eigenvalue weighted by Gasteiger charge is -2.11. The fourth-order valence-corrected chi connectivity index (χ4v) is 5.42. The standard InChI is InChI=1S/C24H15Cl5F3N3O2/c25-13-5-11(6-14(26)8-13)20-21(23(20,28)29)22(37)35-15-1-2-17(27)16(9-15)18(36)10-34-19-7-12(3-4-33-19)24(30,31)32/h1-9,20-21H,10H2,(H,33,34)(H,35,37). The van der Waals surface area contributed by atoms with E-state index in [0.717, 1.165) is 18.3 Å². The van der Waals surface area contributed by atoms with Crippen LogP contribution in [0.25, 0.3) is 0 Å². The molecule has 1 saturated carbocycles. The first kappa shape index (κ1) is 27.8. The van der Waals surface area contributed by atoms with E-state index in [2.05, 4.69) is 15.6 Å².